The molecule has 0 spiro atoms. The molecule has 0 bridgehead atoms. The molecule has 30 heavy (non-hydrogen) atoms. The fourth-order valence-corrected chi connectivity index (χ4v) is 4.02. The van der Waals surface area contributed by atoms with Crippen molar-refractivity contribution in [3.63, 3.8) is 0 Å². The summed E-state index contributed by atoms with van der Waals surface area (Å²) in [4.78, 5) is 11.3. The topological polar surface area (TPSA) is 110 Å². The molecule has 0 aliphatic rings. The Bertz CT molecular complexity index is 1180. The summed E-state index contributed by atoms with van der Waals surface area (Å²) in [5.41, 5.74) is -5.99. The molecule has 0 unspecified atom stereocenters. The van der Waals surface area contributed by atoms with Crippen molar-refractivity contribution in [2.75, 3.05) is 26.5 Å². The number of amides is 1. The Hall–Kier alpha value is -2.64. The van der Waals surface area contributed by atoms with Crippen molar-refractivity contribution >= 4 is 31.5 Å². The van der Waals surface area contributed by atoms with Gasteiger partial charge in [0.2, 0.25) is 10.0 Å². The Morgan fingerprint density at radius 3 is 2.17 bits per heavy atom. The zero-order valence-corrected chi connectivity index (χ0v) is 17.5. The van der Waals surface area contributed by atoms with Crippen LogP contribution in [0.25, 0.3) is 0 Å². The highest BCUT2D eigenvalue weighted by molar-refractivity contribution is 7.92. The number of anilines is 1. The largest absolute Gasteiger partial charge is 0.501 e. The second-order valence-corrected chi connectivity index (χ2v) is 10.2. The van der Waals surface area contributed by atoms with Gasteiger partial charge in [0.05, 0.1) is 22.6 Å². The van der Waals surface area contributed by atoms with E-state index in [4.69, 9.17) is 4.74 Å². The van der Waals surface area contributed by atoms with Gasteiger partial charge >= 0.3 is 5.51 Å². The molecule has 0 fully saturated rings. The third-order valence-electron chi connectivity index (χ3n) is 3.91. The minimum Gasteiger partial charge on any atom is -0.495 e. The highest BCUT2D eigenvalue weighted by atomic mass is 32.2. The number of ether oxygens (including phenoxy) is 1. The monoisotopic (exact) mass is 466 g/mol. The number of alkyl halides is 3. The van der Waals surface area contributed by atoms with Crippen molar-refractivity contribution in [1.82, 2.24) is 4.31 Å². The van der Waals surface area contributed by atoms with Crippen LogP contribution >= 0.6 is 0 Å². The maximum absolute atomic E-state index is 12.8. The van der Waals surface area contributed by atoms with Crippen molar-refractivity contribution in [1.29, 1.82) is 0 Å². The lowest BCUT2D eigenvalue weighted by atomic mass is 10.2. The van der Waals surface area contributed by atoms with Crippen LogP contribution in [0.2, 0.25) is 0 Å². The third-order valence-corrected chi connectivity index (χ3v) is 7.20. The smallest absolute Gasteiger partial charge is 0.495 e. The summed E-state index contributed by atoms with van der Waals surface area (Å²) in [6, 6.07) is 7.21. The lowest BCUT2D eigenvalue weighted by Crippen LogP contribution is -2.24. The normalized spacial score (nSPS) is 12.6. The fourth-order valence-electron chi connectivity index (χ4n) is 2.29. The van der Waals surface area contributed by atoms with Gasteiger partial charge < -0.3 is 10.1 Å². The van der Waals surface area contributed by atoms with Crippen molar-refractivity contribution < 1.29 is 39.5 Å². The second-order valence-electron chi connectivity index (χ2n) is 6.08. The molecule has 1 amide bonds. The first kappa shape index (κ1) is 23.6. The number of nitrogens with one attached hydrogen (secondary N) is 1. The highest BCUT2D eigenvalue weighted by Gasteiger charge is 2.47. The SMILES string of the molecule is COc1ccc(S(=O)(=O)C(F)(F)F)cc1NC(=O)c1cccc(S(=O)(=O)N(C)C)c1. The Kier molecular flexibility index (Phi) is 6.49. The third kappa shape index (κ3) is 4.57. The van der Waals surface area contributed by atoms with Crippen LogP contribution in [0, 0.1) is 0 Å². The number of sulfonamides is 1. The number of rotatable bonds is 6. The molecule has 0 saturated carbocycles. The highest BCUT2D eigenvalue weighted by Crippen LogP contribution is 2.34. The van der Waals surface area contributed by atoms with E-state index in [9.17, 15) is 34.8 Å². The number of hydrogen-bond donors (Lipinski definition) is 1. The number of methoxy groups -OCH3 is 1. The van der Waals surface area contributed by atoms with Crippen LogP contribution < -0.4 is 10.1 Å². The first-order valence-electron chi connectivity index (χ1n) is 8.05. The first-order chi connectivity index (χ1) is 13.7. The first-order valence-corrected chi connectivity index (χ1v) is 11.0. The lowest BCUT2D eigenvalue weighted by Gasteiger charge is -2.14. The predicted molar refractivity (Wildman–Crippen MR) is 102 cm³/mol. The van der Waals surface area contributed by atoms with Gasteiger partial charge in [-0.3, -0.25) is 4.79 Å². The van der Waals surface area contributed by atoms with Crippen LogP contribution in [0.15, 0.2) is 52.3 Å². The van der Waals surface area contributed by atoms with Gasteiger partial charge in [0.25, 0.3) is 15.7 Å². The number of carbonyl (C=O) groups is 1. The number of carbonyl (C=O) groups excluding carboxylic acids is 1. The van der Waals surface area contributed by atoms with Gasteiger partial charge in [-0.1, -0.05) is 6.07 Å². The molecule has 0 saturated heterocycles. The summed E-state index contributed by atoms with van der Waals surface area (Å²) in [5, 5.41) is 2.25. The van der Waals surface area contributed by atoms with Crippen molar-refractivity contribution in [3.8, 4) is 5.75 Å². The maximum atomic E-state index is 12.8. The van der Waals surface area contributed by atoms with E-state index in [0.29, 0.717) is 12.1 Å². The molecular weight excluding hydrogens is 449 g/mol. The summed E-state index contributed by atoms with van der Waals surface area (Å²) in [7, 11) is -5.70. The van der Waals surface area contributed by atoms with E-state index in [1.807, 2.05) is 0 Å². The standard InChI is InChI=1S/C17H17F3N2O6S2/c1-22(2)30(26,27)13-6-4-5-11(9-13)16(23)21-14-10-12(7-8-15(14)28-3)29(24,25)17(18,19)20/h4-10H,1-3H3,(H,21,23). The van der Waals surface area contributed by atoms with E-state index < -0.39 is 36.2 Å². The van der Waals surface area contributed by atoms with Crippen LogP contribution in [0.4, 0.5) is 18.9 Å². The van der Waals surface area contributed by atoms with E-state index in [1.165, 1.54) is 39.4 Å². The number of halogens is 3. The number of sulfone groups is 1. The van der Waals surface area contributed by atoms with Gasteiger partial charge in [-0.05, 0) is 36.4 Å². The minimum atomic E-state index is -5.65. The Balaban J connectivity index is 2.46. The van der Waals surface area contributed by atoms with Crippen molar-refractivity contribution in [2.24, 2.45) is 0 Å². The molecule has 0 aliphatic carbocycles. The van der Waals surface area contributed by atoms with Gasteiger partial charge in [-0.15, -0.1) is 0 Å². The van der Waals surface area contributed by atoms with Crippen molar-refractivity contribution in [3.05, 3.63) is 48.0 Å². The van der Waals surface area contributed by atoms with Crippen LogP contribution in [0.1, 0.15) is 10.4 Å². The molecule has 0 atom stereocenters. The van der Waals surface area contributed by atoms with Gasteiger partial charge in [0.1, 0.15) is 5.75 Å². The van der Waals surface area contributed by atoms with E-state index in [2.05, 4.69) is 5.32 Å². The molecule has 0 heterocycles. The zero-order chi connectivity index (χ0) is 22.9. The number of nitrogens with zero attached hydrogens (tertiary/aromatic N) is 1. The van der Waals surface area contributed by atoms with Crippen LogP contribution in [0.3, 0.4) is 0 Å². The van der Waals surface area contributed by atoms with Gasteiger partial charge in [-0.2, -0.15) is 13.2 Å². The number of hydrogen-bond acceptors (Lipinski definition) is 6. The van der Waals surface area contributed by atoms with E-state index in [-0.39, 0.29) is 21.9 Å². The molecule has 0 radical (unpaired) electrons. The predicted octanol–water partition coefficient (Wildman–Crippen LogP) is 2.49. The molecule has 8 nitrogen and oxygen atoms in total. The van der Waals surface area contributed by atoms with E-state index in [1.54, 1.807) is 0 Å². The summed E-state index contributed by atoms with van der Waals surface area (Å²) >= 11 is 0. The fraction of sp³-hybridized carbons (Fsp3) is 0.235. The van der Waals surface area contributed by atoms with E-state index >= 15 is 0 Å². The average molecular weight is 466 g/mol. The lowest BCUT2D eigenvalue weighted by molar-refractivity contribution is -0.0436. The van der Waals surface area contributed by atoms with Crippen LogP contribution in [-0.2, 0) is 19.9 Å². The minimum absolute atomic E-state index is 0.0958. The molecule has 2 aromatic rings. The molecule has 0 aliphatic heterocycles. The molecule has 2 rings (SSSR count). The van der Waals surface area contributed by atoms with Crippen LogP contribution in [-0.4, -0.2) is 53.8 Å². The summed E-state index contributed by atoms with van der Waals surface area (Å²) in [6.45, 7) is 0. The van der Waals surface area contributed by atoms with E-state index in [0.717, 1.165) is 16.4 Å². The molecular formula is C17H17F3N2O6S2. The Labute approximate surface area is 171 Å². The number of benzene rings is 2. The van der Waals surface area contributed by atoms with Crippen LogP contribution in [0.5, 0.6) is 5.75 Å². The molecule has 13 heteroatoms. The average Bonchev–Trinajstić information content (AvgIpc) is 2.66. The summed E-state index contributed by atoms with van der Waals surface area (Å²) in [5.74, 6) is -0.979. The molecule has 0 aromatic heterocycles. The quantitative estimate of drug-likeness (QED) is 0.701. The zero-order valence-electron chi connectivity index (χ0n) is 15.9. The Morgan fingerprint density at radius 1 is 1.00 bits per heavy atom. The molecule has 164 valence electrons. The van der Waals surface area contributed by atoms with Crippen molar-refractivity contribution in [2.45, 2.75) is 15.3 Å². The Morgan fingerprint density at radius 2 is 1.63 bits per heavy atom. The van der Waals surface area contributed by atoms with Gasteiger partial charge in [0, 0.05) is 19.7 Å². The molecule has 2 aromatic carbocycles. The maximum Gasteiger partial charge on any atom is 0.501 e. The van der Waals surface area contributed by atoms with Gasteiger partial charge in [0.15, 0.2) is 0 Å². The second kappa shape index (κ2) is 8.24. The summed E-state index contributed by atoms with van der Waals surface area (Å²) < 4.78 is 92.0. The summed E-state index contributed by atoms with van der Waals surface area (Å²) in [6.07, 6.45) is 0. The molecule has 1 N–H and O–H groups in total. The van der Waals surface area contributed by atoms with Gasteiger partial charge in [-0.25, -0.2) is 21.1 Å².